The third kappa shape index (κ3) is 2.50. The first-order valence-corrected chi connectivity index (χ1v) is 4.08. The topological polar surface area (TPSA) is 32.3 Å². The summed E-state index contributed by atoms with van der Waals surface area (Å²) in [7, 11) is 3.91. The Hall–Kier alpha value is -0.570. The minimum atomic E-state index is 0.156. The number of amides is 1. The number of carbonyl (C=O) groups excluding carboxylic acids is 1. The van der Waals surface area contributed by atoms with Gasteiger partial charge in [-0.2, -0.15) is 0 Å². The molecule has 1 atom stereocenters. The van der Waals surface area contributed by atoms with Gasteiger partial charge in [-0.25, -0.2) is 0 Å². The van der Waals surface area contributed by atoms with Gasteiger partial charge in [0, 0.05) is 5.92 Å². The summed E-state index contributed by atoms with van der Waals surface area (Å²) in [4.78, 5) is 13.2. The van der Waals surface area contributed by atoms with Crippen LogP contribution in [0.5, 0.6) is 0 Å². The van der Waals surface area contributed by atoms with Gasteiger partial charge in [-0.05, 0) is 33.9 Å². The molecule has 0 radical (unpaired) electrons. The lowest BCUT2D eigenvalue weighted by Gasteiger charge is -2.20. The van der Waals surface area contributed by atoms with Gasteiger partial charge in [0.2, 0.25) is 5.91 Å². The van der Waals surface area contributed by atoms with Gasteiger partial charge in [-0.1, -0.05) is 0 Å². The van der Waals surface area contributed by atoms with Crippen molar-refractivity contribution in [3.63, 3.8) is 0 Å². The van der Waals surface area contributed by atoms with Crippen molar-refractivity contribution >= 4 is 5.91 Å². The SMILES string of the molecule is CC(NC(=O)C1CC1)N(C)C. The number of hydrogen-bond donors (Lipinski definition) is 1. The molecule has 1 aliphatic carbocycles. The van der Waals surface area contributed by atoms with Gasteiger partial charge in [0.25, 0.3) is 0 Å². The molecule has 3 nitrogen and oxygen atoms in total. The highest BCUT2D eigenvalue weighted by molar-refractivity contribution is 5.80. The molecule has 1 saturated carbocycles. The van der Waals surface area contributed by atoms with Crippen LogP contribution in [0.25, 0.3) is 0 Å². The minimum absolute atomic E-state index is 0.156. The largest absolute Gasteiger partial charge is 0.341 e. The molecule has 1 unspecified atom stereocenters. The van der Waals surface area contributed by atoms with E-state index in [0.717, 1.165) is 12.8 Å². The molecule has 0 aliphatic heterocycles. The predicted molar refractivity (Wildman–Crippen MR) is 44.0 cm³/mol. The zero-order valence-corrected chi connectivity index (χ0v) is 7.42. The lowest BCUT2D eigenvalue weighted by atomic mass is 10.4. The first kappa shape index (κ1) is 8.53. The fourth-order valence-corrected chi connectivity index (χ4v) is 0.798. The molecule has 1 N–H and O–H groups in total. The Labute approximate surface area is 67.8 Å². The standard InChI is InChI=1S/C8H16N2O/c1-6(10(2)3)9-8(11)7-4-5-7/h6-7H,4-5H2,1-3H3,(H,9,11). The molecule has 0 aromatic carbocycles. The normalized spacial score (nSPS) is 20.0. The van der Waals surface area contributed by atoms with E-state index in [1.165, 1.54) is 0 Å². The first-order chi connectivity index (χ1) is 5.11. The molecule has 1 aliphatic rings. The summed E-state index contributed by atoms with van der Waals surface area (Å²) >= 11 is 0. The number of rotatable bonds is 3. The first-order valence-electron chi connectivity index (χ1n) is 4.08. The number of hydrogen-bond acceptors (Lipinski definition) is 2. The fourth-order valence-electron chi connectivity index (χ4n) is 0.798. The van der Waals surface area contributed by atoms with Crippen molar-refractivity contribution < 1.29 is 4.79 Å². The van der Waals surface area contributed by atoms with Crippen LogP contribution in [0.15, 0.2) is 0 Å². The number of nitrogens with one attached hydrogen (secondary N) is 1. The highest BCUT2D eigenvalue weighted by Crippen LogP contribution is 2.28. The minimum Gasteiger partial charge on any atom is -0.341 e. The maximum absolute atomic E-state index is 11.2. The van der Waals surface area contributed by atoms with Crippen molar-refractivity contribution in [2.75, 3.05) is 14.1 Å². The van der Waals surface area contributed by atoms with Crippen molar-refractivity contribution in [2.24, 2.45) is 5.92 Å². The van der Waals surface area contributed by atoms with E-state index in [9.17, 15) is 4.79 Å². The van der Waals surface area contributed by atoms with Gasteiger partial charge in [-0.15, -0.1) is 0 Å². The Morgan fingerprint density at radius 1 is 1.55 bits per heavy atom. The van der Waals surface area contributed by atoms with Crippen LogP contribution >= 0.6 is 0 Å². The van der Waals surface area contributed by atoms with E-state index in [1.807, 2.05) is 25.9 Å². The highest BCUT2D eigenvalue weighted by atomic mass is 16.2. The van der Waals surface area contributed by atoms with Gasteiger partial charge in [-0.3, -0.25) is 9.69 Å². The molecule has 0 heterocycles. The maximum Gasteiger partial charge on any atom is 0.224 e. The molecule has 0 saturated heterocycles. The zero-order valence-electron chi connectivity index (χ0n) is 7.42. The van der Waals surface area contributed by atoms with Gasteiger partial charge in [0.15, 0.2) is 0 Å². The second-order valence-corrected chi connectivity index (χ2v) is 3.42. The average Bonchev–Trinajstić information content (AvgIpc) is 2.67. The molecule has 3 heteroatoms. The summed E-state index contributed by atoms with van der Waals surface area (Å²) < 4.78 is 0. The van der Waals surface area contributed by atoms with Crippen LogP contribution in [0.3, 0.4) is 0 Å². The van der Waals surface area contributed by atoms with Gasteiger partial charge in [0.1, 0.15) is 0 Å². The molecule has 1 rings (SSSR count). The van der Waals surface area contributed by atoms with Crippen LogP contribution in [-0.2, 0) is 4.79 Å². The van der Waals surface area contributed by atoms with E-state index in [0.29, 0.717) is 5.92 Å². The van der Waals surface area contributed by atoms with Crippen LogP contribution in [0, 0.1) is 5.92 Å². The Morgan fingerprint density at radius 3 is 2.45 bits per heavy atom. The van der Waals surface area contributed by atoms with Gasteiger partial charge < -0.3 is 5.32 Å². The van der Waals surface area contributed by atoms with Crippen LogP contribution in [0.1, 0.15) is 19.8 Å². The molecule has 11 heavy (non-hydrogen) atoms. The van der Waals surface area contributed by atoms with E-state index in [4.69, 9.17) is 0 Å². The second kappa shape index (κ2) is 3.22. The Kier molecular flexibility index (Phi) is 2.49. The van der Waals surface area contributed by atoms with Gasteiger partial charge >= 0.3 is 0 Å². The van der Waals surface area contributed by atoms with E-state index >= 15 is 0 Å². The van der Waals surface area contributed by atoms with Crippen molar-refractivity contribution in [1.29, 1.82) is 0 Å². The van der Waals surface area contributed by atoms with E-state index in [1.54, 1.807) is 0 Å². The van der Waals surface area contributed by atoms with Crippen molar-refractivity contribution in [1.82, 2.24) is 10.2 Å². The average molecular weight is 156 g/mol. The van der Waals surface area contributed by atoms with Crippen molar-refractivity contribution in [3.05, 3.63) is 0 Å². The van der Waals surface area contributed by atoms with Crippen LogP contribution in [-0.4, -0.2) is 31.1 Å². The number of carbonyl (C=O) groups is 1. The summed E-state index contributed by atoms with van der Waals surface area (Å²) in [6, 6.07) is 0. The molecule has 0 aromatic rings. The van der Waals surface area contributed by atoms with Crippen LogP contribution < -0.4 is 5.32 Å². The molecule has 0 spiro atoms. The Bertz CT molecular complexity index is 152. The Morgan fingerprint density at radius 2 is 2.09 bits per heavy atom. The Balaban J connectivity index is 2.23. The molecule has 0 aromatic heterocycles. The zero-order chi connectivity index (χ0) is 8.43. The van der Waals surface area contributed by atoms with Crippen molar-refractivity contribution in [3.8, 4) is 0 Å². The summed E-state index contributed by atoms with van der Waals surface area (Å²) in [5.41, 5.74) is 0. The highest BCUT2D eigenvalue weighted by Gasteiger charge is 2.30. The van der Waals surface area contributed by atoms with Crippen molar-refractivity contribution in [2.45, 2.75) is 25.9 Å². The summed E-state index contributed by atoms with van der Waals surface area (Å²) in [6.45, 7) is 1.99. The van der Waals surface area contributed by atoms with E-state index < -0.39 is 0 Å². The smallest absolute Gasteiger partial charge is 0.224 e. The monoisotopic (exact) mass is 156 g/mol. The molecular weight excluding hydrogens is 140 g/mol. The summed E-state index contributed by atoms with van der Waals surface area (Å²) in [5, 5.41) is 2.93. The molecule has 0 bridgehead atoms. The molecule has 1 amide bonds. The quantitative estimate of drug-likeness (QED) is 0.601. The molecule has 1 fully saturated rings. The third-order valence-electron chi connectivity index (χ3n) is 2.07. The second-order valence-electron chi connectivity index (χ2n) is 3.42. The van der Waals surface area contributed by atoms with Crippen LogP contribution in [0.2, 0.25) is 0 Å². The fraction of sp³-hybridized carbons (Fsp3) is 0.875. The van der Waals surface area contributed by atoms with E-state index in [-0.39, 0.29) is 12.1 Å². The lowest BCUT2D eigenvalue weighted by Crippen LogP contribution is -2.42. The predicted octanol–water partition coefficient (Wildman–Crippen LogP) is 0.420. The maximum atomic E-state index is 11.2. The number of nitrogens with zero attached hydrogens (tertiary/aromatic N) is 1. The van der Waals surface area contributed by atoms with Gasteiger partial charge in [0.05, 0.1) is 6.17 Å². The molecular formula is C8H16N2O. The lowest BCUT2D eigenvalue weighted by molar-refractivity contribution is -0.123. The molecule has 64 valence electrons. The summed E-state index contributed by atoms with van der Waals surface area (Å²) in [6.07, 6.45) is 2.31. The van der Waals surface area contributed by atoms with Crippen LogP contribution in [0.4, 0.5) is 0 Å². The van der Waals surface area contributed by atoms with E-state index in [2.05, 4.69) is 5.32 Å². The summed E-state index contributed by atoms with van der Waals surface area (Å²) in [5.74, 6) is 0.531. The third-order valence-corrected chi connectivity index (χ3v) is 2.07.